The number of rotatable bonds is 3. The zero-order valence-corrected chi connectivity index (χ0v) is 15.6. The van der Waals surface area contributed by atoms with Gasteiger partial charge >= 0.3 is 0 Å². The summed E-state index contributed by atoms with van der Waals surface area (Å²) >= 11 is 1.85. The lowest BCUT2D eigenvalue weighted by Crippen LogP contribution is -2.44. The third-order valence-corrected chi connectivity index (χ3v) is 6.07. The summed E-state index contributed by atoms with van der Waals surface area (Å²) in [5.41, 5.74) is 3.42. The van der Waals surface area contributed by atoms with Gasteiger partial charge in [-0.1, -0.05) is 0 Å². The maximum absolute atomic E-state index is 5.60. The third-order valence-electron chi connectivity index (χ3n) is 4.98. The average Bonchev–Trinajstić information content (AvgIpc) is 3.30. The van der Waals surface area contributed by atoms with Gasteiger partial charge in [0.15, 0.2) is 11.5 Å². The van der Waals surface area contributed by atoms with Crippen molar-refractivity contribution in [1.29, 1.82) is 0 Å². The van der Waals surface area contributed by atoms with Crippen molar-refractivity contribution in [1.82, 2.24) is 18.9 Å². The molecule has 0 bridgehead atoms. The molecule has 0 N–H and O–H groups in total. The molecule has 0 aliphatic carbocycles. The Bertz CT molecular complexity index is 948. The first-order chi connectivity index (χ1) is 12.8. The smallest absolute Gasteiger partial charge is 0.153 e. The SMILES string of the molecule is Cc1cc2nccn2nc1N1CCN(Sc2ccc3c(c2)CCO3)CC1. The molecule has 1 saturated heterocycles. The van der Waals surface area contributed by atoms with Gasteiger partial charge in [0.25, 0.3) is 0 Å². The van der Waals surface area contributed by atoms with Crippen LogP contribution in [0.2, 0.25) is 0 Å². The molecule has 2 aromatic heterocycles. The van der Waals surface area contributed by atoms with Gasteiger partial charge in [0.1, 0.15) is 5.75 Å². The Kier molecular flexibility index (Phi) is 3.98. The summed E-state index contributed by atoms with van der Waals surface area (Å²) in [5.74, 6) is 2.12. The molecule has 0 unspecified atom stereocenters. The third kappa shape index (κ3) is 2.91. The highest BCUT2D eigenvalue weighted by Gasteiger charge is 2.21. The highest BCUT2D eigenvalue weighted by Crippen LogP contribution is 2.32. The standard InChI is InChI=1S/C19H21N5OS/c1-14-12-18-20-5-6-24(18)21-19(14)22-7-9-23(10-8-22)26-16-2-3-17-15(13-16)4-11-25-17/h2-3,5-6,12-13H,4,7-11H2,1H3. The van der Waals surface area contributed by atoms with Crippen molar-refractivity contribution in [2.45, 2.75) is 18.2 Å². The van der Waals surface area contributed by atoms with Crippen molar-refractivity contribution in [3.63, 3.8) is 0 Å². The molecule has 134 valence electrons. The molecule has 4 heterocycles. The Balaban J connectivity index is 1.26. The molecule has 0 spiro atoms. The van der Waals surface area contributed by atoms with Crippen LogP contribution >= 0.6 is 11.9 Å². The predicted molar refractivity (Wildman–Crippen MR) is 103 cm³/mol. The highest BCUT2D eigenvalue weighted by molar-refractivity contribution is 7.97. The molecule has 0 amide bonds. The maximum Gasteiger partial charge on any atom is 0.153 e. The lowest BCUT2D eigenvalue weighted by atomic mass is 10.2. The van der Waals surface area contributed by atoms with Crippen LogP contribution in [-0.4, -0.2) is 51.7 Å². The van der Waals surface area contributed by atoms with Crippen LogP contribution in [0.15, 0.2) is 41.6 Å². The van der Waals surface area contributed by atoms with E-state index in [4.69, 9.17) is 9.84 Å². The Morgan fingerprint density at radius 2 is 2.00 bits per heavy atom. The van der Waals surface area contributed by atoms with Gasteiger partial charge in [-0.05, 0) is 54.3 Å². The number of ether oxygens (including phenoxy) is 1. The molecule has 0 radical (unpaired) electrons. The van der Waals surface area contributed by atoms with Crippen molar-refractivity contribution >= 4 is 23.4 Å². The summed E-state index contributed by atoms with van der Waals surface area (Å²) < 4.78 is 9.90. The number of nitrogens with zero attached hydrogens (tertiary/aromatic N) is 5. The number of fused-ring (bicyclic) bond motifs is 2. The van der Waals surface area contributed by atoms with Gasteiger partial charge in [0.2, 0.25) is 0 Å². The van der Waals surface area contributed by atoms with Crippen molar-refractivity contribution in [3.05, 3.63) is 47.8 Å². The lowest BCUT2D eigenvalue weighted by molar-refractivity contribution is 0.356. The predicted octanol–water partition coefficient (Wildman–Crippen LogP) is 2.80. The largest absolute Gasteiger partial charge is 0.493 e. The van der Waals surface area contributed by atoms with E-state index >= 15 is 0 Å². The van der Waals surface area contributed by atoms with Crippen LogP contribution in [0.1, 0.15) is 11.1 Å². The molecule has 1 aromatic carbocycles. The van der Waals surface area contributed by atoms with Crippen LogP contribution in [-0.2, 0) is 6.42 Å². The van der Waals surface area contributed by atoms with Crippen molar-refractivity contribution in [2.75, 3.05) is 37.7 Å². The summed E-state index contributed by atoms with van der Waals surface area (Å²) in [6.07, 6.45) is 4.73. The Morgan fingerprint density at radius 1 is 1.12 bits per heavy atom. The van der Waals surface area contributed by atoms with E-state index < -0.39 is 0 Å². The molecule has 6 nitrogen and oxygen atoms in total. The fourth-order valence-corrected chi connectivity index (χ4v) is 4.58. The Morgan fingerprint density at radius 3 is 2.88 bits per heavy atom. The zero-order valence-electron chi connectivity index (χ0n) is 14.8. The van der Waals surface area contributed by atoms with E-state index in [1.165, 1.54) is 16.0 Å². The first-order valence-electron chi connectivity index (χ1n) is 9.01. The lowest BCUT2D eigenvalue weighted by Gasteiger charge is -2.35. The number of aryl methyl sites for hydroxylation is 1. The van der Waals surface area contributed by atoms with E-state index in [9.17, 15) is 0 Å². The number of anilines is 1. The van der Waals surface area contributed by atoms with E-state index in [2.05, 4.69) is 45.4 Å². The molecule has 2 aliphatic rings. The average molecular weight is 367 g/mol. The van der Waals surface area contributed by atoms with Gasteiger partial charge in [-0.2, -0.15) is 0 Å². The fourth-order valence-electron chi connectivity index (χ4n) is 3.61. The molecule has 0 saturated carbocycles. The zero-order chi connectivity index (χ0) is 17.5. The minimum Gasteiger partial charge on any atom is -0.493 e. The molecule has 7 heteroatoms. The van der Waals surface area contributed by atoms with E-state index in [-0.39, 0.29) is 0 Å². The van der Waals surface area contributed by atoms with E-state index in [0.717, 1.165) is 56.4 Å². The molecule has 2 aliphatic heterocycles. The second-order valence-corrected chi connectivity index (χ2v) is 7.93. The maximum atomic E-state index is 5.60. The van der Waals surface area contributed by atoms with Gasteiger partial charge in [-0.3, -0.25) is 0 Å². The highest BCUT2D eigenvalue weighted by atomic mass is 32.2. The topological polar surface area (TPSA) is 45.9 Å². The van der Waals surface area contributed by atoms with Gasteiger partial charge in [0.05, 0.1) is 6.61 Å². The second-order valence-electron chi connectivity index (χ2n) is 6.76. The van der Waals surface area contributed by atoms with Crippen LogP contribution in [0.4, 0.5) is 5.82 Å². The Hall–Kier alpha value is -2.25. The molecular weight excluding hydrogens is 346 g/mol. The fraction of sp³-hybridized carbons (Fsp3) is 0.368. The molecule has 26 heavy (non-hydrogen) atoms. The van der Waals surface area contributed by atoms with Crippen LogP contribution in [0, 0.1) is 6.92 Å². The first kappa shape index (κ1) is 16.0. The van der Waals surface area contributed by atoms with E-state index in [0.29, 0.717) is 0 Å². The van der Waals surface area contributed by atoms with Crippen LogP contribution < -0.4 is 9.64 Å². The number of benzene rings is 1. The summed E-state index contributed by atoms with van der Waals surface area (Å²) in [6, 6.07) is 8.66. The summed E-state index contributed by atoms with van der Waals surface area (Å²) in [7, 11) is 0. The Labute approximate surface area is 156 Å². The normalized spacial score (nSPS) is 17.5. The van der Waals surface area contributed by atoms with Crippen molar-refractivity contribution in [2.24, 2.45) is 0 Å². The molecule has 5 rings (SSSR count). The molecule has 0 atom stereocenters. The minimum atomic E-state index is 0.815. The summed E-state index contributed by atoms with van der Waals surface area (Å²) in [5, 5.41) is 4.75. The van der Waals surface area contributed by atoms with Gasteiger partial charge in [-0.15, -0.1) is 5.10 Å². The number of hydrogen-bond acceptors (Lipinski definition) is 6. The van der Waals surface area contributed by atoms with E-state index in [1.54, 1.807) is 6.20 Å². The first-order valence-corrected chi connectivity index (χ1v) is 9.78. The van der Waals surface area contributed by atoms with E-state index in [1.807, 2.05) is 22.7 Å². The monoisotopic (exact) mass is 367 g/mol. The molecular formula is C19H21N5OS. The second kappa shape index (κ2) is 6.48. The number of piperazine rings is 1. The van der Waals surface area contributed by atoms with Crippen LogP contribution in [0.3, 0.4) is 0 Å². The minimum absolute atomic E-state index is 0.815. The van der Waals surface area contributed by atoms with Crippen molar-refractivity contribution < 1.29 is 4.74 Å². The summed E-state index contributed by atoms with van der Waals surface area (Å²) in [6.45, 7) is 6.92. The number of imidazole rings is 1. The molecule has 3 aromatic rings. The molecule has 1 fully saturated rings. The summed E-state index contributed by atoms with van der Waals surface area (Å²) in [4.78, 5) is 7.99. The van der Waals surface area contributed by atoms with Crippen molar-refractivity contribution in [3.8, 4) is 5.75 Å². The van der Waals surface area contributed by atoms with Gasteiger partial charge in [0, 0.05) is 49.9 Å². The quantitative estimate of drug-likeness (QED) is 0.664. The number of aromatic nitrogens is 3. The van der Waals surface area contributed by atoms with Gasteiger partial charge < -0.3 is 9.64 Å². The van der Waals surface area contributed by atoms with Gasteiger partial charge in [-0.25, -0.2) is 13.8 Å². The van der Waals surface area contributed by atoms with Crippen LogP contribution in [0.5, 0.6) is 5.75 Å². The van der Waals surface area contributed by atoms with Crippen LogP contribution in [0.25, 0.3) is 5.65 Å². The number of hydrogen-bond donors (Lipinski definition) is 0.